The standard InChI is InChI=1S/C19H24N2O2/c1-11-5-12(2)18-13(6-11)7-14(19(23)20-18)10-21-15-3-4-16(21)9-17(22)8-15/h5-7,15-17,22H,3-4,8-10H2,1-2H3,(H,20,23)/t15-,16+,17?. The second-order valence-corrected chi connectivity index (χ2v) is 7.35. The molecule has 2 aliphatic heterocycles. The van der Waals surface area contributed by atoms with E-state index in [0.29, 0.717) is 18.6 Å². The Kier molecular flexibility index (Phi) is 3.54. The Morgan fingerprint density at radius 1 is 1.17 bits per heavy atom. The summed E-state index contributed by atoms with van der Waals surface area (Å²) in [6.07, 6.45) is 3.82. The molecule has 0 radical (unpaired) electrons. The Labute approximate surface area is 136 Å². The normalized spacial score (nSPS) is 27.7. The van der Waals surface area contributed by atoms with Gasteiger partial charge < -0.3 is 10.1 Å². The number of H-pyrrole nitrogens is 1. The van der Waals surface area contributed by atoms with Crippen molar-refractivity contribution in [3.63, 3.8) is 0 Å². The van der Waals surface area contributed by atoms with Gasteiger partial charge in [0.05, 0.1) is 11.6 Å². The largest absolute Gasteiger partial charge is 0.393 e. The summed E-state index contributed by atoms with van der Waals surface area (Å²) in [7, 11) is 0. The molecule has 23 heavy (non-hydrogen) atoms. The van der Waals surface area contributed by atoms with Crippen LogP contribution in [-0.2, 0) is 6.54 Å². The van der Waals surface area contributed by atoms with Crippen molar-refractivity contribution in [2.24, 2.45) is 0 Å². The van der Waals surface area contributed by atoms with Crippen molar-refractivity contribution in [2.75, 3.05) is 0 Å². The number of benzene rings is 1. The van der Waals surface area contributed by atoms with Gasteiger partial charge in [0.15, 0.2) is 0 Å². The molecule has 2 aliphatic rings. The zero-order chi connectivity index (χ0) is 16.1. The number of aromatic amines is 1. The molecule has 4 nitrogen and oxygen atoms in total. The Balaban J connectivity index is 1.70. The van der Waals surface area contributed by atoms with Crippen LogP contribution < -0.4 is 5.56 Å². The number of hydrogen-bond donors (Lipinski definition) is 2. The fraction of sp³-hybridized carbons (Fsp3) is 0.526. The maximum Gasteiger partial charge on any atom is 0.252 e. The van der Waals surface area contributed by atoms with Gasteiger partial charge in [-0.2, -0.15) is 0 Å². The van der Waals surface area contributed by atoms with Gasteiger partial charge in [-0.15, -0.1) is 0 Å². The average molecular weight is 312 g/mol. The second kappa shape index (κ2) is 5.46. The van der Waals surface area contributed by atoms with Crippen LogP contribution in [0.2, 0.25) is 0 Å². The molecule has 2 saturated heterocycles. The van der Waals surface area contributed by atoms with Crippen LogP contribution in [0.3, 0.4) is 0 Å². The third kappa shape index (κ3) is 2.60. The number of fused-ring (bicyclic) bond motifs is 3. The van der Waals surface area contributed by atoms with Gasteiger partial charge in [-0.25, -0.2) is 0 Å². The van der Waals surface area contributed by atoms with Crippen molar-refractivity contribution >= 4 is 10.9 Å². The van der Waals surface area contributed by atoms with Gasteiger partial charge in [0.1, 0.15) is 0 Å². The number of pyridine rings is 1. The van der Waals surface area contributed by atoms with Crippen LogP contribution in [0.5, 0.6) is 0 Å². The molecule has 1 aromatic heterocycles. The first-order valence-corrected chi connectivity index (χ1v) is 8.58. The number of aryl methyl sites for hydroxylation is 2. The molecule has 0 amide bonds. The smallest absolute Gasteiger partial charge is 0.252 e. The van der Waals surface area contributed by atoms with Crippen LogP contribution in [0, 0.1) is 13.8 Å². The van der Waals surface area contributed by atoms with Crippen molar-refractivity contribution in [3.8, 4) is 0 Å². The maximum atomic E-state index is 12.5. The highest BCUT2D eigenvalue weighted by molar-refractivity contribution is 5.82. The van der Waals surface area contributed by atoms with Crippen LogP contribution in [0.15, 0.2) is 23.0 Å². The van der Waals surface area contributed by atoms with E-state index in [9.17, 15) is 9.90 Å². The first kappa shape index (κ1) is 14.9. The third-order valence-electron chi connectivity index (χ3n) is 5.58. The minimum absolute atomic E-state index is 0.0231. The molecule has 1 aromatic carbocycles. The van der Waals surface area contributed by atoms with Crippen molar-refractivity contribution < 1.29 is 5.11 Å². The number of aliphatic hydroxyl groups is 1. The van der Waals surface area contributed by atoms with E-state index < -0.39 is 0 Å². The minimum atomic E-state index is -0.163. The van der Waals surface area contributed by atoms with Crippen molar-refractivity contribution in [3.05, 3.63) is 45.2 Å². The molecule has 1 unspecified atom stereocenters. The van der Waals surface area contributed by atoms with Crippen LogP contribution >= 0.6 is 0 Å². The second-order valence-electron chi connectivity index (χ2n) is 7.35. The van der Waals surface area contributed by atoms with Crippen LogP contribution in [0.25, 0.3) is 10.9 Å². The summed E-state index contributed by atoms with van der Waals surface area (Å²) in [6.45, 7) is 4.82. The van der Waals surface area contributed by atoms with Crippen molar-refractivity contribution in [1.29, 1.82) is 0 Å². The molecule has 2 fully saturated rings. The van der Waals surface area contributed by atoms with E-state index >= 15 is 0 Å². The number of aromatic nitrogens is 1. The predicted octanol–water partition coefficient (Wildman–Crippen LogP) is 2.63. The lowest BCUT2D eigenvalue weighted by atomic mass is 9.99. The summed E-state index contributed by atoms with van der Waals surface area (Å²) in [6, 6.07) is 7.15. The van der Waals surface area contributed by atoms with Crippen molar-refractivity contribution in [2.45, 2.75) is 64.3 Å². The quantitative estimate of drug-likeness (QED) is 0.896. The predicted molar refractivity (Wildman–Crippen MR) is 91.6 cm³/mol. The molecule has 3 atom stereocenters. The molecule has 0 aliphatic carbocycles. The van der Waals surface area contributed by atoms with Gasteiger partial charge in [0.25, 0.3) is 5.56 Å². The number of rotatable bonds is 2. The fourth-order valence-electron chi connectivity index (χ4n) is 4.55. The fourth-order valence-corrected chi connectivity index (χ4v) is 4.55. The number of aliphatic hydroxyl groups excluding tert-OH is 1. The zero-order valence-electron chi connectivity index (χ0n) is 13.8. The summed E-state index contributed by atoms with van der Waals surface area (Å²) in [5.74, 6) is 0. The first-order valence-electron chi connectivity index (χ1n) is 8.58. The van der Waals surface area contributed by atoms with Gasteiger partial charge in [0.2, 0.25) is 0 Å². The number of nitrogens with zero attached hydrogens (tertiary/aromatic N) is 1. The molecule has 2 aromatic rings. The average Bonchev–Trinajstić information content (AvgIpc) is 2.72. The Morgan fingerprint density at radius 2 is 1.87 bits per heavy atom. The van der Waals surface area contributed by atoms with E-state index in [1.807, 2.05) is 6.92 Å². The number of hydrogen-bond acceptors (Lipinski definition) is 3. The summed E-state index contributed by atoms with van der Waals surface area (Å²) in [4.78, 5) is 18.0. The highest BCUT2D eigenvalue weighted by atomic mass is 16.3. The molecule has 2 N–H and O–H groups in total. The van der Waals surface area contributed by atoms with Crippen molar-refractivity contribution in [1.82, 2.24) is 9.88 Å². The van der Waals surface area contributed by atoms with Gasteiger partial charge in [-0.3, -0.25) is 9.69 Å². The van der Waals surface area contributed by atoms with E-state index in [4.69, 9.17) is 0 Å². The summed E-state index contributed by atoms with van der Waals surface area (Å²) < 4.78 is 0. The lowest BCUT2D eigenvalue weighted by Crippen LogP contribution is -2.44. The molecule has 4 rings (SSSR count). The van der Waals surface area contributed by atoms with Gasteiger partial charge in [-0.1, -0.05) is 11.6 Å². The van der Waals surface area contributed by atoms with E-state index in [0.717, 1.165) is 47.7 Å². The van der Waals surface area contributed by atoms with Crippen LogP contribution in [-0.4, -0.2) is 33.2 Å². The molecule has 3 heterocycles. The molecule has 0 spiro atoms. The lowest BCUT2D eigenvalue weighted by Gasteiger charge is -2.37. The molecular weight excluding hydrogens is 288 g/mol. The number of piperidine rings is 1. The summed E-state index contributed by atoms with van der Waals surface area (Å²) >= 11 is 0. The number of nitrogens with one attached hydrogen (secondary N) is 1. The minimum Gasteiger partial charge on any atom is -0.393 e. The third-order valence-corrected chi connectivity index (χ3v) is 5.58. The molecule has 0 saturated carbocycles. The Morgan fingerprint density at radius 3 is 2.57 bits per heavy atom. The van der Waals surface area contributed by atoms with Gasteiger partial charge in [-0.05, 0) is 62.6 Å². The van der Waals surface area contributed by atoms with E-state index in [2.05, 4.69) is 35.0 Å². The van der Waals surface area contributed by atoms with Crippen LogP contribution in [0.1, 0.15) is 42.4 Å². The van der Waals surface area contributed by atoms with Crippen LogP contribution in [0.4, 0.5) is 0 Å². The first-order chi connectivity index (χ1) is 11.0. The maximum absolute atomic E-state index is 12.5. The monoisotopic (exact) mass is 312 g/mol. The Hall–Kier alpha value is -1.65. The SMILES string of the molecule is Cc1cc(C)c2[nH]c(=O)c(CN3[C@@H]4CC[C@H]3CC(O)C4)cc2c1. The highest BCUT2D eigenvalue weighted by Gasteiger charge is 2.40. The van der Waals surface area contributed by atoms with E-state index in [1.54, 1.807) is 0 Å². The molecule has 4 heteroatoms. The summed E-state index contributed by atoms with van der Waals surface area (Å²) in [5, 5.41) is 11.0. The lowest BCUT2D eigenvalue weighted by molar-refractivity contribution is 0.0308. The van der Waals surface area contributed by atoms with E-state index in [-0.39, 0.29) is 11.7 Å². The topological polar surface area (TPSA) is 56.3 Å². The molecule has 2 bridgehead atoms. The Bertz CT molecular complexity index is 797. The van der Waals surface area contributed by atoms with Gasteiger partial charge in [0, 0.05) is 24.2 Å². The summed E-state index contributed by atoms with van der Waals surface area (Å²) in [5.41, 5.74) is 4.14. The zero-order valence-corrected chi connectivity index (χ0v) is 13.8. The highest BCUT2D eigenvalue weighted by Crippen LogP contribution is 2.36. The van der Waals surface area contributed by atoms with E-state index in [1.165, 1.54) is 5.56 Å². The molecular formula is C19H24N2O2. The molecule has 122 valence electrons. The van der Waals surface area contributed by atoms with Gasteiger partial charge >= 0.3 is 0 Å².